The number of hydrogen-bond acceptors (Lipinski definition) is 4. The second kappa shape index (κ2) is 8.73. The summed E-state index contributed by atoms with van der Waals surface area (Å²) in [6, 6.07) is 10.7. The highest BCUT2D eigenvalue weighted by atomic mass is 19.4. The van der Waals surface area contributed by atoms with Gasteiger partial charge in [0.25, 0.3) is 5.91 Å². The molecule has 0 bridgehead atoms. The van der Waals surface area contributed by atoms with Crippen molar-refractivity contribution in [3.05, 3.63) is 59.2 Å². The fourth-order valence-electron chi connectivity index (χ4n) is 2.63. The summed E-state index contributed by atoms with van der Waals surface area (Å²) in [6.07, 6.45) is -6.83. The van der Waals surface area contributed by atoms with Crippen molar-refractivity contribution in [1.82, 2.24) is 5.32 Å². The summed E-state index contributed by atoms with van der Waals surface area (Å²) in [4.78, 5) is 12.3. The number of methoxy groups -OCH3 is 1. The largest absolute Gasteiger partial charge is 0.493 e. The lowest BCUT2D eigenvalue weighted by Gasteiger charge is -2.25. The van der Waals surface area contributed by atoms with Crippen LogP contribution in [0, 0.1) is 0 Å². The Morgan fingerprint density at radius 3 is 2.24 bits per heavy atom. The van der Waals surface area contributed by atoms with Crippen LogP contribution in [0.5, 0.6) is 11.5 Å². The molecule has 29 heavy (non-hydrogen) atoms. The molecule has 0 aliphatic carbocycles. The Labute approximate surface area is 167 Å². The second-order valence-electron chi connectivity index (χ2n) is 7.50. The molecule has 0 saturated carbocycles. The molecule has 1 unspecified atom stereocenters. The molecule has 2 N–H and O–H groups in total. The Morgan fingerprint density at radius 2 is 1.72 bits per heavy atom. The van der Waals surface area contributed by atoms with E-state index in [1.165, 1.54) is 7.11 Å². The van der Waals surface area contributed by atoms with Crippen molar-refractivity contribution in [2.24, 2.45) is 0 Å². The van der Waals surface area contributed by atoms with E-state index in [2.05, 4.69) is 5.32 Å². The summed E-state index contributed by atoms with van der Waals surface area (Å²) in [5, 5.41) is 12.8. The average molecular weight is 411 g/mol. The summed E-state index contributed by atoms with van der Waals surface area (Å²) in [5.74, 6) is -1.11. The molecule has 2 aromatic rings. The average Bonchev–Trinajstić information content (AvgIpc) is 2.63. The van der Waals surface area contributed by atoms with Crippen LogP contribution in [-0.2, 0) is 17.6 Å². The minimum Gasteiger partial charge on any atom is -0.493 e. The van der Waals surface area contributed by atoms with E-state index >= 15 is 0 Å². The van der Waals surface area contributed by atoms with E-state index in [4.69, 9.17) is 9.47 Å². The number of benzene rings is 2. The Bertz CT molecular complexity index is 845. The first-order valence-electron chi connectivity index (χ1n) is 8.88. The number of carbonyl (C=O) groups is 1. The van der Waals surface area contributed by atoms with Gasteiger partial charge in [0.15, 0.2) is 17.6 Å². The lowest BCUT2D eigenvalue weighted by atomic mass is 9.99. The molecular formula is C21H24F3NO4. The van der Waals surface area contributed by atoms with Crippen molar-refractivity contribution < 1.29 is 32.5 Å². The first-order chi connectivity index (χ1) is 13.4. The maximum Gasteiger partial charge on any atom is 0.416 e. The molecule has 2 aromatic carbocycles. The van der Waals surface area contributed by atoms with Gasteiger partial charge in [0.1, 0.15) is 6.61 Å². The molecular weight excluding hydrogens is 387 g/mol. The number of amides is 1. The zero-order chi connectivity index (χ0) is 21.8. The summed E-state index contributed by atoms with van der Waals surface area (Å²) < 4.78 is 51.4. The first kappa shape index (κ1) is 22.5. The molecule has 1 amide bonds. The van der Waals surface area contributed by atoms with Gasteiger partial charge in [-0.15, -0.1) is 0 Å². The molecule has 5 nitrogen and oxygen atoms in total. The maximum atomic E-state index is 13.6. The van der Waals surface area contributed by atoms with Crippen LogP contribution < -0.4 is 14.8 Å². The van der Waals surface area contributed by atoms with Crippen LogP contribution >= 0.6 is 0 Å². The SMILES string of the molecule is COc1cc(C(F)(F)F)c(C(O)C(=O)NC(C)(C)C)cc1OCc1ccccc1. The molecule has 0 aromatic heterocycles. The fourth-order valence-corrected chi connectivity index (χ4v) is 2.63. The van der Waals surface area contributed by atoms with E-state index in [9.17, 15) is 23.1 Å². The predicted octanol–water partition coefficient (Wildman–Crippen LogP) is 4.24. The Kier molecular flexibility index (Phi) is 6.79. The first-order valence-corrected chi connectivity index (χ1v) is 8.88. The fraction of sp³-hybridized carbons (Fsp3) is 0.381. The van der Waals surface area contributed by atoms with Crippen LogP contribution in [0.4, 0.5) is 13.2 Å². The minimum atomic E-state index is -4.80. The van der Waals surface area contributed by atoms with Crippen molar-refractivity contribution in [2.75, 3.05) is 7.11 Å². The standard InChI is InChI=1S/C21H24F3NO4/c1-20(2,3)25-19(27)18(26)14-10-17(29-12-13-8-6-5-7-9-13)16(28-4)11-15(14)21(22,23)24/h5-11,18,26H,12H2,1-4H3,(H,25,27). The van der Waals surface area contributed by atoms with E-state index in [-0.39, 0.29) is 18.1 Å². The summed E-state index contributed by atoms with van der Waals surface area (Å²) in [5.41, 5.74) is -1.71. The van der Waals surface area contributed by atoms with E-state index in [1.807, 2.05) is 6.07 Å². The van der Waals surface area contributed by atoms with Crippen LogP contribution in [0.3, 0.4) is 0 Å². The highest BCUT2D eigenvalue weighted by molar-refractivity contribution is 5.83. The number of nitrogens with one attached hydrogen (secondary N) is 1. The third kappa shape index (κ3) is 6.12. The number of alkyl halides is 3. The van der Waals surface area contributed by atoms with Gasteiger partial charge in [-0.05, 0) is 38.5 Å². The van der Waals surface area contributed by atoms with Crippen molar-refractivity contribution in [2.45, 2.75) is 45.2 Å². The van der Waals surface area contributed by atoms with Gasteiger partial charge >= 0.3 is 6.18 Å². The van der Waals surface area contributed by atoms with E-state index in [0.717, 1.165) is 17.7 Å². The Hall–Kier alpha value is -2.74. The smallest absolute Gasteiger partial charge is 0.416 e. The van der Waals surface area contributed by atoms with Crippen LogP contribution in [0.1, 0.15) is 43.6 Å². The third-order valence-electron chi connectivity index (χ3n) is 3.92. The van der Waals surface area contributed by atoms with Gasteiger partial charge in [-0.1, -0.05) is 30.3 Å². The minimum absolute atomic E-state index is 0.0121. The van der Waals surface area contributed by atoms with Crippen molar-refractivity contribution in [3.8, 4) is 11.5 Å². The molecule has 0 saturated heterocycles. The maximum absolute atomic E-state index is 13.6. The zero-order valence-electron chi connectivity index (χ0n) is 16.6. The Morgan fingerprint density at radius 1 is 1.10 bits per heavy atom. The number of aliphatic hydroxyl groups is 1. The highest BCUT2D eigenvalue weighted by Crippen LogP contribution is 2.41. The molecule has 0 radical (unpaired) electrons. The molecule has 0 aliphatic rings. The number of ether oxygens (including phenoxy) is 2. The molecule has 2 rings (SSSR count). The highest BCUT2D eigenvalue weighted by Gasteiger charge is 2.38. The predicted molar refractivity (Wildman–Crippen MR) is 102 cm³/mol. The topological polar surface area (TPSA) is 67.8 Å². The molecule has 0 heterocycles. The Balaban J connectivity index is 2.44. The quantitative estimate of drug-likeness (QED) is 0.746. The number of aliphatic hydroxyl groups excluding tert-OH is 1. The number of rotatable bonds is 6. The molecule has 1 atom stereocenters. The summed E-state index contributed by atoms with van der Waals surface area (Å²) in [7, 11) is 1.22. The lowest BCUT2D eigenvalue weighted by Crippen LogP contribution is -2.43. The number of carbonyl (C=O) groups excluding carboxylic acids is 1. The molecule has 0 spiro atoms. The van der Waals surface area contributed by atoms with Gasteiger partial charge in [0.05, 0.1) is 12.7 Å². The lowest BCUT2D eigenvalue weighted by molar-refractivity contribution is -0.141. The number of hydrogen-bond donors (Lipinski definition) is 2. The van der Waals surface area contributed by atoms with Gasteiger partial charge in [0.2, 0.25) is 0 Å². The molecule has 0 aliphatic heterocycles. The normalized spacial score (nSPS) is 13.0. The van der Waals surface area contributed by atoms with Gasteiger partial charge in [-0.2, -0.15) is 13.2 Å². The van der Waals surface area contributed by atoms with Crippen molar-refractivity contribution in [1.29, 1.82) is 0 Å². The van der Waals surface area contributed by atoms with Crippen molar-refractivity contribution in [3.63, 3.8) is 0 Å². The molecule has 158 valence electrons. The third-order valence-corrected chi connectivity index (χ3v) is 3.92. The number of halogens is 3. The van der Waals surface area contributed by atoms with E-state index in [0.29, 0.717) is 0 Å². The van der Waals surface area contributed by atoms with Gasteiger partial charge < -0.3 is 19.9 Å². The zero-order valence-corrected chi connectivity index (χ0v) is 16.6. The summed E-state index contributed by atoms with van der Waals surface area (Å²) >= 11 is 0. The monoisotopic (exact) mass is 411 g/mol. The molecule has 0 fully saturated rings. The van der Waals surface area contributed by atoms with Gasteiger partial charge in [0, 0.05) is 11.1 Å². The van der Waals surface area contributed by atoms with Gasteiger partial charge in [-0.3, -0.25) is 4.79 Å². The van der Waals surface area contributed by atoms with Crippen LogP contribution in [-0.4, -0.2) is 23.7 Å². The van der Waals surface area contributed by atoms with Crippen molar-refractivity contribution >= 4 is 5.91 Å². The van der Waals surface area contributed by atoms with Crippen LogP contribution in [0.25, 0.3) is 0 Å². The summed E-state index contributed by atoms with van der Waals surface area (Å²) in [6.45, 7) is 5.05. The van der Waals surface area contributed by atoms with Crippen LogP contribution in [0.2, 0.25) is 0 Å². The van der Waals surface area contributed by atoms with Gasteiger partial charge in [-0.25, -0.2) is 0 Å². The van der Waals surface area contributed by atoms with E-state index < -0.39 is 34.9 Å². The molecule has 8 heteroatoms. The van der Waals surface area contributed by atoms with Crippen LogP contribution in [0.15, 0.2) is 42.5 Å². The van der Waals surface area contributed by atoms with E-state index in [1.54, 1.807) is 45.0 Å². The second-order valence-corrected chi connectivity index (χ2v) is 7.50.